The highest BCUT2D eigenvalue weighted by Crippen LogP contribution is 2.23. The lowest BCUT2D eigenvalue weighted by molar-refractivity contribution is 0.0270. The molecule has 2 rings (SSSR count). The van der Waals surface area contributed by atoms with Crippen molar-refractivity contribution >= 4 is 17.6 Å². The van der Waals surface area contributed by atoms with Gasteiger partial charge in [-0.3, -0.25) is 0 Å². The maximum Gasteiger partial charge on any atom is 0.410 e. The Morgan fingerprint density at radius 2 is 2.13 bits per heavy atom. The quantitative estimate of drug-likeness (QED) is 0.796. The van der Waals surface area contributed by atoms with Crippen LogP contribution in [0.25, 0.3) is 5.57 Å². The summed E-state index contributed by atoms with van der Waals surface area (Å²) in [5.41, 5.74) is 0.496. The summed E-state index contributed by atoms with van der Waals surface area (Å²) < 4.78 is 15.5. The Balaban J connectivity index is 1.99. The van der Waals surface area contributed by atoms with Crippen LogP contribution in [0.3, 0.4) is 0 Å². The van der Waals surface area contributed by atoms with Crippen molar-refractivity contribution < 1.29 is 23.5 Å². The third-order valence-electron chi connectivity index (χ3n) is 3.12. The van der Waals surface area contributed by atoms with Gasteiger partial charge in [-0.25, -0.2) is 14.6 Å². The predicted molar refractivity (Wildman–Crippen MR) is 82.9 cm³/mol. The van der Waals surface area contributed by atoms with Gasteiger partial charge in [0.25, 0.3) is 0 Å². The molecule has 1 amide bonds. The molecular formula is C16H22N2O5. The molecule has 1 aliphatic heterocycles. The van der Waals surface area contributed by atoms with E-state index in [0.717, 1.165) is 5.57 Å². The van der Waals surface area contributed by atoms with E-state index in [4.69, 9.17) is 13.9 Å². The topological polar surface area (TPSA) is 81.9 Å². The molecule has 0 aliphatic carbocycles. The second kappa shape index (κ2) is 6.85. The van der Waals surface area contributed by atoms with E-state index in [9.17, 15) is 9.59 Å². The lowest BCUT2D eigenvalue weighted by Crippen LogP contribution is -2.39. The Labute approximate surface area is 135 Å². The van der Waals surface area contributed by atoms with Crippen LogP contribution in [0.15, 0.2) is 16.8 Å². The van der Waals surface area contributed by atoms with E-state index in [1.165, 1.54) is 6.26 Å². The number of rotatable bonds is 3. The zero-order valence-electron chi connectivity index (χ0n) is 13.9. The highest BCUT2D eigenvalue weighted by atomic mass is 16.6. The van der Waals surface area contributed by atoms with Crippen molar-refractivity contribution in [3.63, 3.8) is 0 Å². The number of hydrogen-bond donors (Lipinski definition) is 0. The number of ether oxygens (including phenoxy) is 2. The molecule has 0 fully saturated rings. The molecule has 1 aromatic heterocycles. The van der Waals surface area contributed by atoms with Crippen LogP contribution in [0.5, 0.6) is 0 Å². The second-order valence-electron chi connectivity index (χ2n) is 6.16. The molecule has 23 heavy (non-hydrogen) atoms. The first-order chi connectivity index (χ1) is 10.8. The summed E-state index contributed by atoms with van der Waals surface area (Å²) in [6.07, 6.45) is 3.39. The molecule has 0 saturated carbocycles. The zero-order valence-corrected chi connectivity index (χ0v) is 13.9. The first-order valence-electron chi connectivity index (χ1n) is 7.60. The van der Waals surface area contributed by atoms with Gasteiger partial charge >= 0.3 is 12.1 Å². The van der Waals surface area contributed by atoms with Crippen LogP contribution >= 0.6 is 0 Å². The first kappa shape index (κ1) is 17.1. The van der Waals surface area contributed by atoms with E-state index in [1.807, 2.05) is 26.8 Å². The van der Waals surface area contributed by atoms with E-state index in [-0.39, 0.29) is 18.4 Å². The second-order valence-corrected chi connectivity index (χ2v) is 6.16. The highest BCUT2D eigenvalue weighted by molar-refractivity contribution is 5.87. The number of amides is 1. The van der Waals surface area contributed by atoms with Crippen molar-refractivity contribution in [1.29, 1.82) is 0 Å². The molecule has 0 atom stereocenters. The minimum atomic E-state index is -0.516. The van der Waals surface area contributed by atoms with Crippen molar-refractivity contribution in [2.24, 2.45) is 0 Å². The lowest BCUT2D eigenvalue weighted by Gasteiger charge is -2.29. The summed E-state index contributed by atoms with van der Waals surface area (Å²) in [6.45, 7) is 8.45. The van der Waals surface area contributed by atoms with Crippen LogP contribution in [0, 0.1) is 0 Å². The number of carbonyl (C=O) groups is 2. The number of oxazole rings is 1. The van der Waals surface area contributed by atoms with E-state index >= 15 is 0 Å². The van der Waals surface area contributed by atoms with Gasteiger partial charge in [0.15, 0.2) is 5.69 Å². The molecule has 2 heterocycles. The van der Waals surface area contributed by atoms with Crippen molar-refractivity contribution in [3.05, 3.63) is 23.9 Å². The fourth-order valence-corrected chi connectivity index (χ4v) is 2.08. The van der Waals surface area contributed by atoms with Crippen LogP contribution < -0.4 is 0 Å². The Bertz CT molecular complexity index is 612. The average molecular weight is 322 g/mol. The van der Waals surface area contributed by atoms with E-state index in [1.54, 1.807) is 11.8 Å². The Hall–Kier alpha value is -2.31. The Morgan fingerprint density at radius 1 is 1.39 bits per heavy atom. The largest absolute Gasteiger partial charge is 0.461 e. The summed E-state index contributed by atoms with van der Waals surface area (Å²) in [5, 5.41) is 0. The molecule has 7 heteroatoms. The van der Waals surface area contributed by atoms with Gasteiger partial charge in [-0.05, 0) is 34.1 Å². The smallest absolute Gasteiger partial charge is 0.410 e. The molecular weight excluding hydrogens is 300 g/mol. The van der Waals surface area contributed by atoms with E-state index in [0.29, 0.717) is 25.4 Å². The van der Waals surface area contributed by atoms with Gasteiger partial charge in [-0.15, -0.1) is 0 Å². The molecule has 1 aliphatic rings. The Kier molecular flexibility index (Phi) is 5.08. The fraction of sp³-hybridized carbons (Fsp3) is 0.562. The number of aromatic nitrogens is 1. The maximum atomic E-state index is 12.0. The van der Waals surface area contributed by atoms with Crippen LogP contribution in [0.1, 0.15) is 50.5 Å². The molecule has 0 bridgehead atoms. The fourth-order valence-electron chi connectivity index (χ4n) is 2.08. The average Bonchev–Trinajstić information content (AvgIpc) is 2.96. The van der Waals surface area contributed by atoms with E-state index < -0.39 is 11.6 Å². The Morgan fingerprint density at radius 3 is 2.70 bits per heavy atom. The number of hydrogen-bond acceptors (Lipinski definition) is 6. The molecule has 0 aromatic carbocycles. The third-order valence-corrected chi connectivity index (χ3v) is 3.12. The molecule has 7 nitrogen and oxygen atoms in total. The number of esters is 1. The van der Waals surface area contributed by atoms with Gasteiger partial charge in [0.1, 0.15) is 11.9 Å². The molecule has 0 spiro atoms. The minimum absolute atomic E-state index is 0.150. The van der Waals surface area contributed by atoms with Crippen LogP contribution in [0.4, 0.5) is 4.79 Å². The summed E-state index contributed by atoms with van der Waals surface area (Å²) in [7, 11) is 0. The van der Waals surface area contributed by atoms with Gasteiger partial charge in [0, 0.05) is 18.7 Å². The third kappa shape index (κ3) is 4.58. The summed E-state index contributed by atoms with van der Waals surface area (Å²) in [6, 6.07) is 0. The molecule has 0 saturated heterocycles. The van der Waals surface area contributed by atoms with Gasteiger partial charge in [-0.1, -0.05) is 6.08 Å². The monoisotopic (exact) mass is 322 g/mol. The standard InChI is InChI=1S/C16H22N2O5/c1-5-21-14(19)12-10-22-13(17-12)11-6-8-18(9-7-11)15(20)23-16(2,3)4/h6,10H,5,7-9H2,1-4H3. The lowest BCUT2D eigenvalue weighted by atomic mass is 10.1. The van der Waals surface area contributed by atoms with E-state index in [2.05, 4.69) is 4.98 Å². The first-order valence-corrected chi connectivity index (χ1v) is 7.60. The van der Waals surface area contributed by atoms with Gasteiger partial charge < -0.3 is 18.8 Å². The van der Waals surface area contributed by atoms with Crippen molar-refractivity contribution in [3.8, 4) is 0 Å². The number of carbonyl (C=O) groups excluding carboxylic acids is 2. The van der Waals surface area contributed by atoms with Crippen molar-refractivity contribution in [2.75, 3.05) is 19.7 Å². The van der Waals surface area contributed by atoms with Gasteiger partial charge in [-0.2, -0.15) is 0 Å². The zero-order chi connectivity index (χ0) is 17.0. The van der Waals surface area contributed by atoms with Crippen molar-refractivity contribution in [1.82, 2.24) is 9.88 Å². The van der Waals surface area contributed by atoms with Crippen LogP contribution in [-0.2, 0) is 9.47 Å². The molecule has 0 radical (unpaired) electrons. The van der Waals surface area contributed by atoms with Gasteiger partial charge in [0.2, 0.25) is 5.89 Å². The van der Waals surface area contributed by atoms with Gasteiger partial charge in [0.05, 0.1) is 6.61 Å². The molecule has 0 N–H and O–H groups in total. The molecule has 126 valence electrons. The highest BCUT2D eigenvalue weighted by Gasteiger charge is 2.25. The SMILES string of the molecule is CCOC(=O)c1coc(C2=CCN(C(=O)OC(C)(C)C)CC2)n1. The maximum absolute atomic E-state index is 12.0. The summed E-state index contributed by atoms with van der Waals surface area (Å²) in [5.74, 6) is -0.119. The summed E-state index contributed by atoms with van der Waals surface area (Å²) >= 11 is 0. The van der Waals surface area contributed by atoms with Crippen molar-refractivity contribution in [2.45, 2.75) is 39.7 Å². The molecule has 1 aromatic rings. The summed E-state index contributed by atoms with van der Waals surface area (Å²) in [4.78, 5) is 29.3. The predicted octanol–water partition coefficient (Wildman–Crippen LogP) is 2.88. The molecule has 0 unspecified atom stereocenters. The van der Waals surface area contributed by atoms with Crippen LogP contribution in [-0.4, -0.2) is 47.2 Å². The number of nitrogens with zero attached hydrogens (tertiary/aromatic N) is 2. The normalized spacial score (nSPS) is 15.1. The minimum Gasteiger partial charge on any atom is -0.461 e. The van der Waals surface area contributed by atoms with Crippen LogP contribution in [0.2, 0.25) is 0 Å².